The van der Waals surface area contributed by atoms with Crippen molar-refractivity contribution in [2.75, 3.05) is 24.3 Å². The first kappa shape index (κ1) is 15.4. The van der Waals surface area contributed by atoms with E-state index in [1.54, 1.807) is 18.2 Å². The molecule has 0 saturated carbocycles. The molecule has 0 aliphatic carbocycles. The lowest BCUT2D eigenvalue weighted by Crippen LogP contribution is -2.28. The predicted octanol–water partition coefficient (Wildman–Crippen LogP) is 3.04. The monoisotopic (exact) mass is 303 g/mol. The number of amides is 1. The fourth-order valence-electron chi connectivity index (χ4n) is 2.09. The van der Waals surface area contributed by atoms with Crippen LogP contribution in [0.5, 0.6) is 0 Å². The van der Waals surface area contributed by atoms with Crippen LogP contribution < -0.4 is 16.0 Å². The van der Waals surface area contributed by atoms with Crippen molar-refractivity contribution in [3.05, 3.63) is 59.1 Å². The standard InChI is InChI=1S/C16H18ClN3O/c1-20(2)15-12(17)9-6-10-13(15)19-16(21)14(18)11-7-4-3-5-8-11/h3-10,14H,18H2,1-2H3,(H,19,21)/t14-/m1/s1. The Morgan fingerprint density at radius 2 is 1.81 bits per heavy atom. The third kappa shape index (κ3) is 3.54. The molecule has 3 N–H and O–H groups in total. The molecular formula is C16H18ClN3O. The van der Waals surface area contributed by atoms with Gasteiger partial charge in [-0.25, -0.2) is 0 Å². The highest BCUT2D eigenvalue weighted by Crippen LogP contribution is 2.32. The van der Waals surface area contributed by atoms with Gasteiger partial charge >= 0.3 is 0 Å². The highest BCUT2D eigenvalue weighted by Gasteiger charge is 2.18. The van der Waals surface area contributed by atoms with Gasteiger partial charge in [0.05, 0.1) is 16.4 Å². The maximum atomic E-state index is 12.3. The van der Waals surface area contributed by atoms with E-state index in [9.17, 15) is 4.79 Å². The van der Waals surface area contributed by atoms with Gasteiger partial charge in [0.2, 0.25) is 5.91 Å². The van der Waals surface area contributed by atoms with Gasteiger partial charge < -0.3 is 16.0 Å². The van der Waals surface area contributed by atoms with Gasteiger partial charge in [-0.15, -0.1) is 0 Å². The zero-order chi connectivity index (χ0) is 15.4. The van der Waals surface area contributed by atoms with Gasteiger partial charge in [-0.05, 0) is 17.7 Å². The van der Waals surface area contributed by atoms with E-state index in [1.165, 1.54) is 0 Å². The van der Waals surface area contributed by atoms with E-state index < -0.39 is 6.04 Å². The Labute approximate surface area is 129 Å². The molecule has 2 aromatic rings. The minimum atomic E-state index is -0.722. The maximum Gasteiger partial charge on any atom is 0.245 e. The van der Waals surface area contributed by atoms with E-state index in [0.29, 0.717) is 10.7 Å². The summed E-state index contributed by atoms with van der Waals surface area (Å²) in [6, 6.07) is 13.9. The quantitative estimate of drug-likeness (QED) is 0.912. The van der Waals surface area contributed by atoms with Gasteiger partial charge in [-0.2, -0.15) is 0 Å². The van der Waals surface area contributed by atoms with E-state index in [0.717, 1.165) is 11.3 Å². The summed E-state index contributed by atoms with van der Waals surface area (Å²) < 4.78 is 0. The second-order valence-electron chi connectivity index (χ2n) is 4.91. The molecule has 1 atom stereocenters. The summed E-state index contributed by atoms with van der Waals surface area (Å²) in [7, 11) is 3.74. The molecule has 2 aromatic carbocycles. The molecule has 0 spiro atoms. The van der Waals surface area contributed by atoms with E-state index in [4.69, 9.17) is 17.3 Å². The number of anilines is 2. The molecule has 0 fully saturated rings. The summed E-state index contributed by atoms with van der Waals surface area (Å²) in [5.41, 5.74) is 8.16. The number of hydrogen-bond acceptors (Lipinski definition) is 3. The van der Waals surface area contributed by atoms with Gasteiger partial charge in [0.1, 0.15) is 6.04 Å². The summed E-state index contributed by atoms with van der Waals surface area (Å²) in [4.78, 5) is 14.2. The number of nitrogens with two attached hydrogens (primary N) is 1. The number of hydrogen-bond donors (Lipinski definition) is 2. The largest absolute Gasteiger partial charge is 0.375 e. The van der Waals surface area contributed by atoms with Gasteiger partial charge in [-0.3, -0.25) is 4.79 Å². The fourth-order valence-corrected chi connectivity index (χ4v) is 2.44. The van der Waals surface area contributed by atoms with Crippen molar-refractivity contribution in [3.63, 3.8) is 0 Å². The first-order valence-corrected chi connectivity index (χ1v) is 6.95. The van der Waals surface area contributed by atoms with Crippen LogP contribution in [0.15, 0.2) is 48.5 Å². The molecule has 0 aromatic heterocycles. The van der Waals surface area contributed by atoms with Gasteiger partial charge in [-0.1, -0.05) is 48.0 Å². The van der Waals surface area contributed by atoms with E-state index in [-0.39, 0.29) is 5.91 Å². The molecule has 5 heteroatoms. The predicted molar refractivity (Wildman–Crippen MR) is 87.8 cm³/mol. The van der Waals surface area contributed by atoms with Crippen molar-refractivity contribution in [1.82, 2.24) is 0 Å². The minimum Gasteiger partial charge on any atom is -0.375 e. The van der Waals surface area contributed by atoms with Crippen molar-refractivity contribution in [1.29, 1.82) is 0 Å². The van der Waals surface area contributed by atoms with Crippen molar-refractivity contribution >= 4 is 28.9 Å². The Bertz CT molecular complexity index is 629. The molecule has 110 valence electrons. The first-order chi connectivity index (χ1) is 10.0. The highest BCUT2D eigenvalue weighted by molar-refractivity contribution is 6.34. The number of nitrogens with one attached hydrogen (secondary N) is 1. The van der Waals surface area contributed by atoms with Crippen LogP contribution in [-0.2, 0) is 4.79 Å². The van der Waals surface area contributed by atoms with Gasteiger partial charge in [0.15, 0.2) is 0 Å². The van der Waals surface area contributed by atoms with Crippen molar-refractivity contribution in [3.8, 4) is 0 Å². The smallest absolute Gasteiger partial charge is 0.245 e. The van der Waals surface area contributed by atoms with Crippen LogP contribution in [0.25, 0.3) is 0 Å². The lowest BCUT2D eigenvalue weighted by Gasteiger charge is -2.20. The Balaban J connectivity index is 2.23. The summed E-state index contributed by atoms with van der Waals surface area (Å²) in [5, 5.41) is 3.42. The molecule has 0 aliphatic rings. The molecule has 4 nitrogen and oxygen atoms in total. The second-order valence-corrected chi connectivity index (χ2v) is 5.32. The van der Waals surface area contributed by atoms with Crippen LogP contribution in [0.1, 0.15) is 11.6 Å². The van der Waals surface area contributed by atoms with Crippen LogP contribution in [0.4, 0.5) is 11.4 Å². The Morgan fingerprint density at radius 3 is 2.43 bits per heavy atom. The third-order valence-corrected chi connectivity index (χ3v) is 3.44. The Kier molecular flexibility index (Phi) is 4.83. The topological polar surface area (TPSA) is 58.4 Å². The fraction of sp³-hybridized carbons (Fsp3) is 0.188. The molecule has 0 aliphatic heterocycles. The van der Waals surface area contributed by atoms with Crippen LogP contribution >= 0.6 is 11.6 Å². The summed E-state index contributed by atoms with van der Waals surface area (Å²) in [5.74, 6) is -0.272. The molecule has 0 radical (unpaired) electrons. The molecular weight excluding hydrogens is 286 g/mol. The molecule has 2 rings (SSSR count). The van der Waals surface area contributed by atoms with Crippen LogP contribution in [-0.4, -0.2) is 20.0 Å². The third-order valence-electron chi connectivity index (χ3n) is 3.13. The molecule has 0 heterocycles. The van der Waals surface area contributed by atoms with Gasteiger partial charge in [0, 0.05) is 14.1 Å². The van der Waals surface area contributed by atoms with Gasteiger partial charge in [0.25, 0.3) is 0 Å². The number of carbonyl (C=O) groups excluding carboxylic acids is 1. The zero-order valence-electron chi connectivity index (χ0n) is 12.0. The number of rotatable bonds is 4. The van der Waals surface area contributed by atoms with Crippen molar-refractivity contribution in [2.45, 2.75) is 6.04 Å². The SMILES string of the molecule is CN(C)c1c(Cl)cccc1NC(=O)[C@H](N)c1ccccc1. The maximum absolute atomic E-state index is 12.3. The summed E-state index contributed by atoms with van der Waals surface area (Å²) in [6.07, 6.45) is 0. The number of para-hydroxylation sites is 1. The number of halogens is 1. The lowest BCUT2D eigenvalue weighted by molar-refractivity contribution is -0.117. The van der Waals surface area contributed by atoms with E-state index in [1.807, 2.05) is 49.3 Å². The highest BCUT2D eigenvalue weighted by atomic mass is 35.5. The number of nitrogens with zero attached hydrogens (tertiary/aromatic N) is 1. The zero-order valence-corrected chi connectivity index (χ0v) is 12.8. The van der Waals surface area contributed by atoms with Crippen molar-refractivity contribution in [2.24, 2.45) is 5.73 Å². The average Bonchev–Trinajstić information content (AvgIpc) is 2.47. The van der Waals surface area contributed by atoms with E-state index in [2.05, 4.69) is 5.32 Å². The molecule has 1 amide bonds. The molecule has 0 unspecified atom stereocenters. The first-order valence-electron chi connectivity index (χ1n) is 6.58. The Morgan fingerprint density at radius 1 is 1.14 bits per heavy atom. The van der Waals surface area contributed by atoms with Crippen LogP contribution in [0.3, 0.4) is 0 Å². The second kappa shape index (κ2) is 6.61. The average molecular weight is 304 g/mol. The molecule has 0 saturated heterocycles. The molecule has 21 heavy (non-hydrogen) atoms. The van der Waals surface area contributed by atoms with E-state index >= 15 is 0 Å². The Hall–Kier alpha value is -2.04. The summed E-state index contributed by atoms with van der Waals surface area (Å²) >= 11 is 6.18. The van der Waals surface area contributed by atoms with Crippen LogP contribution in [0.2, 0.25) is 5.02 Å². The summed E-state index contributed by atoms with van der Waals surface area (Å²) in [6.45, 7) is 0. The minimum absolute atomic E-state index is 0.272. The lowest BCUT2D eigenvalue weighted by atomic mass is 10.1. The number of carbonyl (C=O) groups is 1. The van der Waals surface area contributed by atoms with Crippen LogP contribution in [0, 0.1) is 0 Å². The molecule has 0 bridgehead atoms. The normalized spacial score (nSPS) is 11.8. The number of benzene rings is 2. The van der Waals surface area contributed by atoms with Crippen molar-refractivity contribution < 1.29 is 4.79 Å².